The molecule has 140 valence electrons. The van der Waals surface area contributed by atoms with Crippen molar-refractivity contribution in [3.8, 4) is 0 Å². The van der Waals surface area contributed by atoms with Crippen LogP contribution in [0.15, 0.2) is 30.3 Å². The zero-order valence-corrected chi connectivity index (χ0v) is 15.3. The zero-order valence-electron chi connectivity index (χ0n) is 15.3. The molecule has 1 N–H and O–H groups in total. The first-order valence-corrected chi connectivity index (χ1v) is 8.67. The van der Waals surface area contributed by atoms with E-state index < -0.39 is 18.4 Å². The number of carboxylic acids is 1. The monoisotopic (exact) mass is 361 g/mol. The maximum Gasteiger partial charge on any atom is 0.323 e. The summed E-state index contributed by atoms with van der Waals surface area (Å²) in [4.78, 5) is 25.2. The van der Waals surface area contributed by atoms with Crippen LogP contribution in [-0.2, 0) is 11.3 Å². The van der Waals surface area contributed by atoms with E-state index in [2.05, 4.69) is 18.9 Å². The summed E-state index contributed by atoms with van der Waals surface area (Å²) in [5.41, 5.74) is 1.73. The van der Waals surface area contributed by atoms with E-state index in [1.807, 2.05) is 11.6 Å². The number of rotatable bonds is 8. The molecule has 0 atom stereocenters. The zero-order chi connectivity index (χ0) is 19.3. The fourth-order valence-electron chi connectivity index (χ4n) is 2.93. The Balaban J connectivity index is 2.27. The van der Waals surface area contributed by atoms with Crippen molar-refractivity contribution in [1.29, 1.82) is 0 Å². The lowest BCUT2D eigenvalue weighted by Crippen LogP contribution is -2.35. The van der Waals surface area contributed by atoms with Crippen molar-refractivity contribution in [3.63, 3.8) is 0 Å². The van der Waals surface area contributed by atoms with Crippen LogP contribution in [0.3, 0.4) is 0 Å². The number of hydrogen-bond donors (Lipinski definition) is 1. The van der Waals surface area contributed by atoms with Crippen LogP contribution in [0, 0.1) is 12.7 Å². The highest BCUT2D eigenvalue weighted by atomic mass is 19.1. The fourth-order valence-corrected chi connectivity index (χ4v) is 2.93. The minimum atomic E-state index is -1.11. The van der Waals surface area contributed by atoms with Crippen LogP contribution in [-0.4, -0.2) is 38.2 Å². The highest BCUT2D eigenvalue weighted by Crippen LogP contribution is 2.19. The van der Waals surface area contributed by atoms with E-state index in [0.717, 1.165) is 18.5 Å². The van der Waals surface area contributed by atoms with E-state index in [0.29, 0.717) is 5.56 Å². The highest BCUT2D eigenvalue weighted by molar-refractivity contribution is 5.94. The molecule has 1 aromatic heterocycles. The molecule has 0 bridgehead atoms. The van der Waals surface area contributed by atoms with Gasteiger partial charge in [0, 0.05) is 12.2 Å². The Morgan fingerprint density at radius 3 is 2.38 bits per heavy atom. The summed E-state index contributed by atoms with van der Waals surface area (Å²) in [7, 11) is 0. The molecule has 2 rings (SSSR count). The van der Waals surface area contributed by atoms with Crippen LogP contribution in [0.2, 0.25) is 0 Å². The predicted octanol–water partition coefficient (Wildman–Crippen LogP) is 3.42. The summed E-state index contributed by atoms with van der Waals surface area (Å²) in [5.74, 6) is -1.95. The highest BCUT2D eigenvalue weighted by Gasteiger charge is 2.23. The van der Waals surface area contributed by atoms with E-state index in [1.165, 1.54) is 29.2 Å². The molecule has 0 aliphatic rings. The van der Waals surface area contributed by atoms with Gasteiger partial charge in [0.1, 0.15) is 12.4 Å². The Morgan fingerprint density at radius 1 is 1.23 bits per heavy atom. The summed E-state index contributed by atoms with van der Waals surface area (Å²) in [6.07, 6.45) is 1.78. The average molecular weight is 361 g/mol. The van der Waals surface area contributed by atoms with Gasteiger partial charge in [-0.3, -0.25) is 14.3 Å². The second-order valence-corrected chi connectivity index (χ2v) is 6.27. The van der Waals surface area contributed by atoms with E-state index in [4.69, 9.17) is 5.11 Å². The number of nitrogens with zero attached hydrogens (tertiary/aromatic N) is 3. The molecule has 0 fully saturated rings. The van der Waals surface area contributed by atoms with Crippen LogP contribution < -0.4 is 0 Å². The van der Waals surface area contributed by atoms with Crippen molar-refractivity contribution in [3.05, 3.63) is 53.1 Å². The Bertz CT molecular complexity index is 767. The number of carbonyl (C=O) groups is 2. The quantitative estimate of drug-likeness (QED) is 0.782. The van der Waals surface area contributed by atoms with Crippen LogP contribution in [0.4, 0.5) is 4.39 Å². The van der Waals surface area contributed by atoms with Crippen molar-refractivity contribution >= 4 is 11.9 Å². The maximum absolute atomic E-state index is 13.1. The van der Waals surface area contributed by atoms with Crippen molar-refractivity contribution in [2.75, 3.05) is 6.54 Å². The lowest BCUT2D eigenvalue weighted by molar-refractivity contribution is -0.137. The molecular weight excluding hydrogens is 337 g/mol. The van der Waals surface area contributed by atoms with Gasteiger partial charge in [0.25, 0.3) is 5.91 Å². The summed E-state index contributed by atoms with van der Waals surface area (Å²) in [6, 6.07) is 7.51. The fraction of sp³-hybridized carbons (Fsp3) is 0.421. The third kappa shape index (κ3) is 4.68. The van der Waals surface area contributed by atoms with Gasteiger partial charge < -0.3 is 10.0 Å². The Morgan fingerprint density at radius 2 is 1.85 bits per heavy atom. The topological polar surface area (TPSA) is 75.4 Å². The number of aryl methyl sites for hydroxylation is 1. The van der Waals surface area contributed by atoms with Crippen molar-refractivity contribution in [2.45, 2.75) is 46.2 Å². The first kappa shape index (κ1) is 19.6. The number of carboxylic acid groups (broad SMARTS) is 1. The third-order valence-corrected chi connectivity index (χ3v) is 4.33. The summed E-state index contributed by atoms with van der Waals surface area (Å²) in [6.45, 7) is 5.61. The van der Waals surface area contributed by atoms with Gasteiger partial charge in [0.15, 0.2) is 5.69 Å². The molecule has 0 radical (unpaired) electrons. The van der Waals surface area contributed by atoms with E-state index in [-0.39, 0.29) is 24.1 Å². The van der Waals surface area contributed by atoms with Crippen LogP contribution in [0.5, 0.6) is 0 Å². The molecule has 26 heavy (non-hydrogen) atoms. The number of hydrogen-bond acceptors (Lipinski definition) is 3. The van der Waals surface area contributed by atoms with Gasteiger partial charge in [0.05, 0.1) is 6.04 Å². The average Bonchev–Trinajstić information content (AvgIpc) is 2.98. The first-order chi connectivity index (χ1) is 12.3. The van der Waals surface area contributed by atoms with Crippen LogP contribution in [0.1, 0.15) is 54.5 Å². The molecule has 1 aromatic carbocycles. The van der Waals surface area contributed by atoms with Crippen LogP contribution in [0.25, 0.3) is 0 Å². The summed E-state index contributed by atoms with van der Waals surface area (Å²) >= 11 is 0. The Kier molecular flexibility index (Phi) is 6.49. The molecule has 1 heterocycles. The minimum Gasteiger partial charge on any atom is -0.480 e. The number of halogens is 1. The number of amides is 1. The molecule has 0 saturated carbocycles. The normalized spacial score (nSPS) is 11.0. The number of carbonyl (C=O) groups excluding carboxylic acids is 1. The second-order valence-electron chi connectivity index (χ2n) is 6.27. The Hall–Kier alpha value is -2.70. The molecule has 2 aromatic rings. The smallest absolute Gasteiger partial charge is 0.323 e. The molecule has 6 nitrogen and oxygen atoms in total. The predicted molar refractivity (Wildman–Crippen MR) is 95.4 cm³/mol. The number of aromatic nitrogens is 2. The van der Waals surface area contributed by atoms with Crippen LogP contribution >= 0.6 is 0 Å². The van der Waals surface area contributed by atoms with Gasteiger partial charge in [0.2, 0.25) is 0 Å². The summed E-state index contributed by atoms with van der Waals surface area (Å²) in [5, 5.41) is 13.6. The van der Waals surface area contributed by atoms with Crippen molar-refractivity contribution in [1.82, 2.24) is 14.7 Å². The molecule has 0 saturated heterocycles. The maximum atomic E-state index is 13.1. The molecule has 0 aliphatic carbocycles. The third-order valence-electron chi connectivity index (χ3n) is 4.33. The van der Waals surface area contributed by atoms with Gasteiger partial charge in [-0.25, -0.2) is 4.39 Å². The van der Waals surface area contributed by atoms with Crippen molar-refractivity contribution in [2.24, 2.45) is 0 Å². The van der Waals surface area contributed by atoms with E-state index in [1.54, 1.807) is 6.07 Å². The number of aliphatic carboxylic acids is 1. The lowest BCUT2D eigenvalue weighted by atomic mass is 10.2. The molecule has 0 spiro atoms. The molecule has 0 unspecified atom stereocenters. The SMILES string of the molecule is CCC(CC)n1nc(C(=O)N(CC(=O)O)Cc2ccc(F)cc2)cc1C. The van der Waals surface area contributed by atoms with Gasteiger partial charge in [-0.05, 0) is 43.5 Å². The largest absolute Gasteiger partial charge is 0.480 e. The molecule has 1 amide bonds. The van der Waals surface area contributed by atoms with Crippen molar-refractivity contribution < 1.29 is 19.1 Å². The minimum absolute atomic E-state index is 0.0717. The van der Waals surface area contributed by atoms with Gasteiger partial charge in [-0.2, -0.15) is 5.10 Å². The van der Waals surface area contributed by atoms with Gasteiger partial charge in [-0.15, -0.1) is 0 Å². The van der Waals surface area contributed by atoms with E-state index >= 15 is 0 Å². The van der Waals surface area contributed by atoms with E-state index in [9.17, 15) is 14.0 Å². The number of benzene rings is 1. The van der Waals surface area contributed by atoms with Gasteiger partial charge in [-0.1, -0.05) is 26.0 Å². The Labute approximate surface area is 152 Å². The molecule has 7 heteroatoms. The molecule has 0 aliphatic heterocycles. The standard InChI is InChI=1S/C19H24FN3O3/c1-4-16(5-2)23-13(3)10-17(21-23)19(26)22(12-18(24)25)11-14-6-8-15(20)9-7-14/h6-10,16H,4-5,11-12H2,1-3H3,(H,24,25). The lowest BCUT2D eigenvalue weighted by Gasteiger charge is -2.20. The second kappa shape index (κ2) is 8.60. The summed E-state index contributed by atoms with van der Waals surface area (Å²) < 4.78 is 14.9. The molecular formula is C19H24FN3O3. The first-order valence-electron chi connectivity index (χ1n) is 8.67. The van der Waals surface area contributed by atoms with Gasteiger partial charge >= 0.3 is 5.97 Å².